The van der Waals surface area contributed by atoms with E-state index in [1.807, 2.05) is 36.4 Å². The Hall–Kier alpha value is -1.46. The standard InChI is InChI=1S/C15H21N3OS/c1-4-18(5-2)15(19)10-16-11(3)12-8-14-13(17-9-12)6-7-20-14/h6-9,11,16H,4-5,10H2,1-3H3. The van der Waals surface area contributed by atoms with E-state index in [-0.39, 0.29) is 11.9 Å². The summed E-state index contributed by atoms with van der Waals surface area (Å²) in [5, 5.41) is 5.32. The minimum absolute atomic E-state index is 0.119. The maximum Gasteiger partial charge on any atom is 0.236 e. The van der Waals surface area contributed by atoms with Crippen molar-refractivity contribution < 1.29 is 4.79 Å². The average molecular weight is 291 g/mol. The Balaban J connectivity index is 1.97. The molecule has 0 aliphatic heterocycles. The molecule has 5 heteroatoms. The molecule has 0 bridgehead atoms. The molecule has 4 nitrogen and oxygen atoms in total. The third-order valence-corrected chi connectivity index (χ3v) is 4.35. The number of pyridine rings is 1. The van der Waals surface area contributed by atoms with Crippen molar-refractivity contribution in [1.82, 2.24) is 15.2 Å². The zero-order valence-electron chi connectivity index (χ0n) is 12.2. The SMILES string of the molecule is CCN(CC)C(=O)CNC(C)c1cnc2ccsc2c1. The lowest BCUT2D eigenvalue weighted by Crippen LogP contribution is -2.38. The van der Waals surface area contributed by atoms with Gasteiger partial charge in [0.25, 0.3) is 0 Å². The number of hydrogen-bond donors (Lipinski definition) is 1. The van der Waals surface area contributed by atoms with Gasteiger partial charge in [-0.05, 0) is 43.8 Å². The normalized spacial score (nSPS) is 12.6. The van der Waals surface area contributed by atoms with Crippen molar-refractivity contribution in [2.24, 2.45) is 0 Å². The first-order chi connectivity index (χ1) is 9.65. The van der Waals surface area contributed by atoms with Crippen molar-refractivity contribution in [3.63, 3.8) is 0 Å². The highest BCUT2D eigenvalue weighted by Gasteiger charge is 2.12. The lowest BCUT2D eigenvalue weighted by Gasteiger charge is -2.20. The molecule has 0 saturated heterocycles. The van der Waals surface area contributed by atoms with Crippen molar-refractivity contribution in [3.05, 3.63) is 29.3 Å². The van der Waals surface area contributed by atoms with E-state index in [9.17, 15) is 4.79 Å². The summed E-state index contributed by atoms with van der Waals surface area (Å²) in [6.07, 6.45) is 1.88. The third kappa shape index (κ3) is 3.35. The minimum Gasteiger partial charge on any atom is -0.342 e. The second kappa shape index (κ2) is 6.81. The number of amides is 1. The Morgan fingerprint density at radius 1 is 1.45 bits per heavy atom. The van der Waals surface area contributed by atoms with Crippen molar-refractivity contribution in [2.75, 3.05) is 19.6 Å². The van der Waals surface area contributed by atoms with Crippen molar-refractivity contribution >= 4 is 27.5 Å². The van der Waals surface area contributed by atoms with E-state index in [1.165, 1.54) is 4.70 Å². The first kappa shape index (κ1) is 14.9. The van der Waals surface area contributed by atoms with E-state index in [0.29, 0.717) is 6.54 Å². The maximum atomic E-state index is 12.0. The highest BCUT2D eigenvalue weighted by molar-refractivity contribution is 7.17. The van der Waals surface area contributed by atoms with E-state index in [0.717, 1.165) is 24.2 Å². The molecule has 2 aromatic heterocycles. The predicted octanol–water partition coefficient (Wildman–Crippen LogP) is 2.82. The zero-order valence-corrected chi connectivity index (χ0v) is 13.0. The topological polar surface area (TPSA) is 45.2 Å². The number of thiophene rings is 1. The first-order valence-corrected chi connectivity index (χ1v) is 7.88. The molecule has 2 rings (SSSR count). The number of hydrogen-bond acceptors (Lipinski definition) is 4. The molecule has 0 aliphatic carbocycles. The van der Waals surface area contributed by atoms with E-state index in [1.54, 1.807) is 11.3 Å². The number of nitrogens with zero attached hydrogens (tertiary/aromatic N) is 2. The fourth-order valence-electron chi connectivity index (χ4n) is 2.14. The number of aromatic nitrogens is 1. The van der Waals surface area contributed by atoms with Gasteiger partial charge in [0.15, 0.2) is 0 Å². The van der Waals surface area contributed by atoms with Crippen LogP contribution in [0.3, 0.4) is 0 Å². The quantitative estimate of drug-likeness (QED) is 0.890. The average Bonchev–Trinajstić information content (AvgIpc) is 2.93. The van der Waals surface area contributed by atoms with Crippen LogP contribution in [-0.2, 0) is 4.79 Å². The van der Waals surface area contributed by atoms with Crippen LogP contribution in [0.2, 0.25) is 0 Å². The van der Waals surface area contributed by atoms with E-state index in [4.69, 9.17) is 0 Å². The number of rotatable bonds is 6. The number of carbonyl (C=O) groups excluding carboxylic acids is 1. The summed E-state index contributed by atoms with van der Waals surface area (Å²) in [6.45, 7) is 7.94. The fourth-order valence-corrected chi connectivity index (χ4v) is 2.93. The molecule has 0 fully saturated rings. The van der Waals surface area contributed by atoms with Gasteiger partial charge in [0.2, 0.25) is 5.91 Å². The van der Waals surface area contributed by atoms with Gasteiger partial charge in [-0.1, -0.05) is 0 Å². The van der Waals surface area contributed by atoms with Crippen LogP contribution in [-0.4, -0.2) is 35.4 Å². The summed E-state index contributed by atoms with van der Waals surface area (Å²) >= 11 is 1.69. The summed E-state index contributed by atoms with van der Waals surface area (Å²) in [5.74, 6) is 0.145. The van der Waals surface area contributed by atoms with E-state index >= 15 is 0 Å². The summed E-state index contributed by atoms with van der Waals surface area (Å²) in [4.78, 5) is 18.2. The largest absolute Gasteiger partial charge is 0.342 e. The first-order valence-electron chi connectivity index (χ1n) is 7.00. The second-order valence-corrected chi connectivity index (χ2v) is 5.69. The van der Waals surface area contributed by atoms with Crippen LogP contribution in [0, 0.1) is 0 Å². The summed E-state index contributed by atoms with van der Waals surface area (Å²) in [6, 6.07) is 4.28. The monoisotopic (exact) mass is 291 g/mol. The van der Waals surface area contributed by atoms with Gasteiger partial charge in [0.1, 0.15) is 0 Å². The number of likely N-dealkylation sites (N-methyl/N-ethyl adjacent to an activating group) is 1. The van der Waals surface area contributed by atoms with Crippen LogP contribution in [0.5, 0.6) is 0 Å². The van der Waals surface area contributed by atoms with Crippen LogP contribution >= 0.6 is 11.3 Å². The number of nitrogens with one attached hydrogen (secondary N) is 1. The molecule has 0 aromatic carbocycles. The summed E-state index contributed by atoms with van der Waals surface area (Å²) in [7, 11) is 0. The Kier molecular flexibility index (Phi) is 5.09. The lowest BCUT2D eigenvalue weighted by atomic mass is 10.1. The third-order valence-electron chi connectivity index (χ3n) is 3.50. The molecule has 1 atom stereocenters. The predicted molar refractivity (Wildman–Crippen MR) is 84.0 cm³/mol. The molecule has 2 heterocycles. The lowest BCUT2D eigenvalue weighted by molar-refractivity contribution is -0.129. The van der Waals surface area contributed by atoms with Crippen molar-refractivity contribution in [1.29, 1.82) is 0 Å². The Bertz CT molecular complexity index is 577. The Morgan fingerprint density at radius 3 is 2.90 bits per heavy atom. The fraction of sp³-hybridized carbons (Fsp3) is 0.467. The molecule has 0 spiro atoms. The molecule has 2 aromatic rings. The Labute approximate surface area is 123 Å². The Morgan fingerprint density at radius 2 is 2.20 bits per heavy atom. The van der Waals surface area contributed by atoms with Crippen LogP contribution in [0.15, 0.2) is 23.7 Å². The molecule has 0 radical (unpaired) electrons. The van der Waals surface area contributed by atoms with Crippen molar-refractivity contribution in [3.8, 4) is 0 Å². The van der Waals surface area contributed by atoms with Gasteiger partial charge in [-0.2, -0.15) is 0 Å². The van der Waals surface area contributed by atoms with Crippen LogP contribution in [0.25, 0.3) is 10.2 Å². The molecule has 1 N–H and O–H groups in total. The van der Waals surface area contributed by atoms with Gasteiger partial charge in [0.05, 0.1) is 16.8 Å². The molecule has 1 unspecified atom stereocenters. The van der Waals surface area contributed by atoms with E-state index < -0.39 is 0 Å². The zero-order chi connectivity index (χ0) is 14.5. The highest BCUT2D eigenvalue weighted by atomic mass is 32.1. The maximum absolute atomic E-state index is 12.0. The van der Waals surface area contributed by atoms with Gasteiger partial charge in [0, 0.05) is 25.3 Å². The molecular formula is C15H21N3OS. The molecule has 0 aliphatic rings. The smallest absolute Gasteiger partial charge is 0.236 e. The van der Waals surface area contributed by atoms with Crippen molar-refractivity contribution in [2.45, 2.75) is 26.8 Å². The van der Waals surface area contributed by atoms with Crippen LogP contribution in [0.4, 0.5) is 0 Å². The molecule has 20 heavy (non-hydrogen) atoms. The van der Waals surface area contributed by atoms with Crippen LogP contribution < -0.4 is 5.32 Å². The summed E-state index contributed by atoms with van der Waals surface area (Å²) in [5.41, 5.74) is 2.15. The molecule has 108 valence electrons. The number of fused-ring (bicyclic) bond motifs is 1. The van der Waals surface area contributed by atoms with Gasteiger partial charge in [-0.3, -0.25) is 9.78 Å². The minimum atomic E-state index is 0.119. The van der Waals surface area contributed by atoms with Gasteiger partial charge >= 0.3 is 0 Å². The van der Waals surface area contributed by atoms with Gasteiger partial charge < -0.3 is 10.2 Å². The van der Waals surface area contributed by atoms with Gasteiger partial charge in [-0.15, -0.1) is 11.3 Å². The number of carbonyl (C=O) groups is 1. The highest BCUT2D eigenvalue weighted by Crippen LogP contribution is 2.22. The van der Waals surface area contributed by atoms with Gasteiger partial charge in [-0.25, -0.2) is 0 Å². The van der Waals surface area contributed by atoms with Crippen LogP contribution in [0.1, 0.15) is 32.4 Å². The molecule has 1 amide bonds. The summed E-state index contributed by atoms with van der Waals surface area (Å²) < 4.78 is 1.19. The molecule has 0 saturated carbocycles. The van der Waals surface area contributed by atoms with E-state index in [2.05, 4.69) is 23.3 Å². The molecular weight excluding hydrogens is 270 g/mol. The second-order valence-electron chi connectivity index (χ2n) is 4.74.